The summed E-state index contributed by atoms with van der Waals surface area (Å²) in [7, 11) is 0. The summed E-state index contributed by atoms with van der Waals surface area (Å²) in [6, 6.07) is 12.9. The Balaban J connectivity index is 1.57. The first-order chi connectivity index (χ1) is 14.8. The van der Waals surface area contributed by atoms with E-state index in [0.717, 1.165) is 23.2 Å². The minimum atomic E-state index is -1.33. The predicted octanol–water partition coefficient (Wildman–Crippen LogP) is 4.52. The molecule has 31 heavy (non-hydrogen) atoms. The van der Waals surface area contributed by atoms with Gasteiger partial charge in [-0.2, -0.15) is 0 Å². The number of carboxylic acid groups (broad SMARTS) is 1. The van der Waals surface area contributed by atoms with E-state index in [1.165, 1.54) is 18.6 Å². The minimum Gasteiger partial charge on any atom is -0.449 e. The van der Waals surface area contributed by atoms with Gasteiger partial charge in [0.2, 0.25) is 0 Å². The third-order valence-corrected chi connectivity index (χ3v) is 5.28. The maximum absolute atomic E-state index is 12.4. The number of benzene rings is 2. The van der Waals surface area contributed by atoms with E-state index in [9.17, 15) is 9.59 Å². The van der Waals surface area contributed by atoms with Crippen molar-refractivity contribution >= 4 is 23.4 Å². The lowest BCUT2D eigenvalue weighted by atomic mass is 9.73. The second kappa shape index (κ2) is 8.06. The van der Waals surface area contributed by atoms with Crippen molar-refractivity contribution in [1.82, 2.24) is 9.97 Å². The molecule has 1 unspecified atom stereocenters. The fourth-order valence-corrected chi connectivity index (χ4v) is 3.91. The summed E-state index contributed by atoms with van der Waals surface area (Å²) < 4.78 is 4.79. The van der Waals surface area contributed by atoms with Gasteiger partial charge in [0.1, 0.15) is 11.4 Å². The van der Waals surface area contributed by atoms with Crippen molar-refractivity contribution in [3.63, 3.8) is 0 Å². The maximum atomic E-state index is 12.4. The fourth-order valence-electron chi connectivity index (χ4n) is 3.91. The molecule has 1 aromatic heterocycles. The highest BCUT2D eigenvalue weighted by Crippen LogP contribution is 2.45. The van der Waals surface area contributed by atoms with E-state index in [0.29, 0.717) is 11.4 Å². The number of nitrogens with zero attached hydrogens (tertiary/aromatic N) is 2. The quantitative estimate of drug-likeness (QED) is 0.422. The molecule has 1 amide bonds. The Morgan fingerprint density at radius 3 is 2.77 bits per heavy atom. The maximum Gasteiger partial charge on any atom is 0.511 e. The van der Waals surface area contributed by atoms with Gasteiger partial charge >= 0.3 is 6.16 Å². The lowest BCUT2D eigenvalue weighted by Crippen LogP contribution is -2.35. The Hall–Kier alpha value is -3.94. The Kier molecular flexibility index (Phi) is 5.29. The number of aromatic nitrogens is 2. The molecule has 3 N–H and O–H groups in total. The van der Waals surface area contributed by atoms with Gasteiger partial charge < -0.3 is 20.5 Å². The number of amides is 1. The molecule has 158 valence electrons. The Morgan fingerprint density at radius 1 is 1.19 bits per heavy atom. The summed E-state index contributed by atoms with van der Waals surface area (Å²) >= 11 is 0. The van der Waals surface area contributed by atoms with Gasteiger partial charge in [0.15, 0.2) is 0 Å². The van der Waals surface area contributed by atoms with Crippen LogP contribution in [0.5, 0.6) is 5.75 Å². The smallest absolute Gasteiger partial charge is 0.449 e. The van der Waals surface area contributed by atoms with Crippen LogP contribution in [-0.2, 0) is 6.42 Å². The lowest BCUT2D eigenvalue weighted by molar-refractivity contribution is 0.102. The largest absolute Gasteiger partial charge is 0.511 e. The van der Waals surface area contributed by atoms with E-state index in [1.807, 2.05) is 30.3 Å². The average molecular weight is 418 g/mol. The second-order valence-corrected chi connectivity index (χ2v) is 8.10. The first-order valence-electron chi connectivity index (χ1n) is 9.79. The van der Waals surface area contributed by atoms with Gasteiger partial charge in [0.05, 0.1) is 12.2 Å². The van der Waals surface area contributed by atoms with Crippen LogP contribution in [0.2, 0.25) is 0 Å². The van der Waals surface area contributed by atoms with Crippen LogP contribution in [0.4, 0.5) is 16.2 Å². The molecule has 4 rings (SSSR count). The lowest BCUT2D eigenvalue weighted by Gasteiger charge is -2.41. The molecular formula is C23H22N4O4. The van der Waals surface area contributed by atoms with E-state index in [1.54, 1.807) is 12.1 Å². The van der Waals surface area contributed by atoms with Gasteiger partial charge in [0.25, 0.3) is 5.91 Å². The zero-order chi connectivity index (χ0) is 22.0. The van der Waals surface area contributed by atoms with E-state index in [2.05, 4.69) is 34.4 Å². The molecule has 8 nitrogen and oxygen atoms in total. The molecule has 0 saturated heterocycles. The molecule has 2 aromatic carbocycles. The van der Waals surface area contributed by atoms with Crippen LogP contribution in [0.1, 0.15) is 41.5 Å². The molecule has 0 bridgehead atoms. The Morgan fingerprint density at radius 2 is 2.03 bits per heavy atom. The van der Waals surface area contributed by atoms with Gasteiger partial charge in [-0.3, -0.25) is 9.78 Å². The van der Waals surface area contributed by atoms with E-state index in [-0.39, 0.29) is 23.1 Å². The van der Waals surface area contributed by atoms with Gasteiger partial charge in [-0.1, -0.05) is 26.0 Å². The van der Waals surface area contributed by atoms with Crippen LogP contribution in [0, 0.1) is 5.41 Å². The van der Waals surface area contributed by atoms with Gasteiger partial charge in [-0.05, 0) is 53.3 Å². The Bertz CT molecular complexity index is 1130. The summed E-state index contributed by atoms with van der Waals surface area (Å²) in [5.74, 6) is -0.0200. The minimum absolute atomic E-state index is 0.0142. The van der Waals surface area contributed by atoms with Crippen molar-refractivity contribution in [3.05, 3.63) is 77.9 Å². The zero-order valence-electron chi connectivity index (χ0n) is 17.1. The van der Waals surface area contributed by atoms with Crippen molar-refractivity contribution in [2.75, 3.05) is 10.6 Å². The number of carbonyl (C=O) groups is 2. The highest BCUT2D eigenvalue weighted by molar-refractivity contribution is 6.02. The highest BCUT2D eigenvalue weighted by Gasteiger charge is 2.36. The van der Waals surface area contributed by atoms with Crippen LogP contribution in [0.3, 0.4) is 0 Å². The van der Waals surface area contributed by atoms with E-state index >= 15 is 0 Å². The topological polar surface area (TPSA) is 113 Å². The number of fused-ring (bicyclic) bond motifs is 1. The van der Waals surface area contributed by atoms with E-state index < -0.39 is 6.16 Å². The molecule has 1 aliphatic heterocycles. The normalized spacial score (nSPS) is 16.5. The van der Waals surface area contributed by atoms with Gasteiger partial charge in [0, 0.05) is 23.8 Å². The highest BCUT2D eigenvalue weighted by atomic mass is 16.7. The monoisotopic (exact) mass is 418 g/mol. The second-order valence-electron chi connectivity index (χ2n) is 8.10. The van der Waals surface area contributed by atoms with Crippen LogP contribution in [-0.4, -0.2) is 27.1 Å². The van der Waals surface area contributed by atoms with E-state index in [4.69, 9.17) is 9.84 Å². The first-order valence-corrected chi connectivity index (χ1v) is 9.79. The summed E-state index contributed by atoms with van der Waals surface area (Å²) in [4.78, 5) is 31.2. The molecule has 0 fully saturated rings. The van der Waals surface area contributed by atoms with Crippen LogP contribution in [0.25, 0.3) is 0 Å². The first kappa shape index (κ1) is 20.3. The summed E-state index contributed by atoms with van der Waals surface area (Å²) in [6.45, 7) is 4.28. The van der Waals surface area contributed by atoms with Gasteiger partial charge in [-0.15, -0.1) is 0 Å². The summed E-state index contributed by atoms with van der Waals surface area (Å²) in [5.41, 5.74) is 3.68. The molecule has 8 heteroatoms. The molecule has 0 radical (unpaired) electrons. The molecule has 2 heterocycles. The average Bonchev–Trinajstić information content (AvgIpc) is 2.73. The number of nitrogens with one attached hydrogen (secondary N) is 2. The third kappa shape index (κ3) is 4.48. The van der Waals surface area contributed by atoms with Crippen LogP contribution in [0.15, 0.2) is 61.1 Å². The molecule has 0 aliphatic carbocycles. The molecule has 1 aliphatic rings. The van der Waals surface area contributed by atoms with Crippen molar-refractivity contribution in [2.45, 2.75) is 26.3 Å². The zero-order valence-corrected chi connectivity index (χ0v) is 17.1. The number of carbonyl (C=O) groups excluding carboxylic acids is 1. The number of ether oxygens (including phenoxy) is 1. The predicted molar refractivity (Wildman–Crippen MR) is 115 cm³/mol. The number of hydrogen-bond donors (Lipinski definition) is 3. The molecule has 0 saturated carbocycles. The molecule has 1 atom stereocenters. The SMILES string of the molecule is CC1(C)Cc2cc(OC(=O)O)ccc2NC1c1cccc(NC(=O)c2cnccn2)c1. The van der Waals surface area contributed by atoms with Crippen molar-refractivity contribution < 1.29 is 19.4 Å². The van der Waals surface area contributed by atoms with Crippen molar-refractivity contribution in [3.8, 4) is 5.75 Å². The van der Waals surface area contributed by atoms with Crippen molar-refractivity contribution in [2.24, 2.45) is 5.41 Å². The number of anilines is 2. The number of rotatable bonds is 4. The molecular weight excluding hydrogens is 396 g/mol. The molecule has 3 aromatic rings. The number of hydrogen-bond acceptors (Lipinski definition) is 6. The summed E-state index contributed by atoms with van der Waals surface area (Å²) in [6.07, 6.45) is 3.81. The standard InChI is InChI=1S/C23H22N4O4/c1-23(2)12-15-11-17(31-22(29)30)6-7-18(15)27-20(23)14-4-3-5-16(10-14)26-21(28)19-13-24-8-9-25-19/h3-11,13,20,27H,12H2,1-2H3,(H,26,28)(H,29,30). The fraction of sp³-hybridized carbons (Fsp3) is 0.217. The van der Waals surface area contributed by atoms with Crippen LogP contribution >= 0.6 is 0 Å². The van der Waals surface area contributed by atoms with Crippen molar-refractivity contribution in [1.29, 1.82) is 0 Å². The third-order valence-electron chi connectivity index (χ3n) is 5.28. The Labute approximate surface area is 179 Å². The summed E-state index contributed by atoms with van der Waals surface area (Å²) in [5, 5.41) is 15.3. The molecule has 0 spiro atoms. The van der Waals surface area contributed by atoms with Gasteiger partial charge in [-0.25, -0.2) is 9.78 Å². The van der Waals surface area contributed by atoms with Crippen LogP contribution < -0.4 is 15.4 Å².